The Kier molecular flexibility index (Phi) is 5.36. The number of benzene rings is 2. The van der Waals surface area contributed by atoms with Crippen LogP contribution in [0.25, 0.3) is 16.7 Å². The first-order valence-electron chi connectivity index (χ1n) is 11.0. The third kappa shape index (κ3) is 4.09. The van der Waals surface area contributed by atoms with E-state index in [0.717, 1.165) is 25.3 Å². The lowest BCUT2D eigenvalue weighted by Gasteiger charge is -2.38. The van der Waals surface area contributed by atoms with Crippen molar-refractivity contribution in [2.75, 3.05) is 13.1 Å². The summed E-state index contributed by atoms with van der Waals surface area (Å²) in [6, 6.07) is 18.2. The van der Waals surface area contributed by atoms with Gasteiger partial charge in [0.1, 0.15) is 11.7 Å². The van der Waals surface area contributed by atoms with Crippen LogP contribution in [-0.4, -0.2) is 48.0 Å². The van der Waals surface area contributed by atoms with Crippen molar-refractivity contribution in [3.63, 3.8) is 0 Å². The summed E-state index contributed by atoms with van der Waals surface area (Å²) >= 11 is 0. The van der Waals surface area contributed by atoms with E-state index in [1.165, 1.54) is 22.0 Å². The van der Waals surface area contributed by atoms with Crippen LogP contribution in [0.2, 0.25) is 0 Å². The molecule has 7 nitrogen and oxygen atoms in total. The summed E-state index contributed by atoms with van der Waals surface area (Å²) in [6.45, 7) is 4.79. The maximum absolute atomic E-state index is 13.1. The largest absolute Gasteiger partial charge is 0.388 e. The maximum Gasteiger partial charge on any atom is 0.264 e. The molecule has 1 fully saturated rings. The molecule has 0 unspecified atom stereocenters. The zero-order valence-electron chi connectivity index (χ0n) is 18.2. The second kappa shape index (κ2) is 8.33. The highest BCUT2D eigenvalue weighted by atomic mass is 16.3. The first kappa shape index (κ1) is 20.6. The molecule has 1 saturated heterocycles. The average Bonchev–Trinajstić information content (AvgIpc) is 3.24. The van der Waals surface area contributed by atoms with Crippen molar-refractivity contribution in [1.29, 1.82) is 0 Å². The predicted octanol–water partition coefficient (Wildman–Crippen LogP) is 2.92. The van der Waals surface area contributed by atoms with Crippen LogP contribution < -0.4 is 5.56 Å². The van der Waals surface area contributed by atoms with Gasteiger partial charge in [-0.05, 0) is 37.5 Å². The van der Waals surface area contributed by atoms with Gasteiger partial charge < -0.3 is 5.11 Å². The number of para-hydroxylation sites is 1. The number of hydrogen-bond acceptors (Lipinski definition) is 5. The Hall–Kier alpha value is -3.29. The molecule has 7 heteroatoms. The zero-order valence-corrected chi connectivity index (χ0v) is 18.2. The Labute approximate surface area is 186 Å². The fraction of sp³-hybridized carbons (Fsp3) is 0.320. The molecule has 2 aromatic heterocycles. The van der Waals surface area contributed by atoms with E-state index < -0.39 is 5.60 Å². The molecule has 0 spiro atoms. The van der Waals surface area contributed by atoms with Crippen LogP contribution in [0.5, 0.6) is 0 Å². The van der Waals surface area contributed by atoms with Gasteiger partial charge in [0.15, 0.2) is 5.65 Å². The van der Waals surface area contributed by atoms with E-state index in [9.17, 15) is 9.90 Å². The molecule has 0 radical (unpaired) electrons. The van der Waals surface area contributed by atoms with E-state index in [2.05, 4.69) is 46.2 Å². The van der Waals surface area contributed by atoms with Crippen molar-refractivity contribution in [2.45, 2.75) is 38.5 Å². The Morgan fingerprint density at radius 1 is 1.03 bits per heavy atom. The molecule has 0 atom stereocenters. The summed E-state index contributed by atoms with van der Waals surface area (Å²) in [5.74, 6) is 0. The van der Waals surface area contributed by atoms with E-state index in [-0.39, 0.29) is 12.1 Å². The molecule has 1 aliphatic rings. The molecule has 32 heavy (non-hydrogen) atoms. The van der Waals surface area contributed by atoms with Crippen molar-refractivity contribution in [2.24, 2.45) is 0 Å². The van der Waals surface area contributed by atoms with Crippen LogP contribution >= 0.6 is 0 Å². The van der Waals surface area contributed by atoms with Crippen LogP contribution in [0.4, 0.5) is 0 Å². The number of aryl methyl sites for hydroxylation is 1. The first-order valence-corrected chi connectivity index (χ1v) is 11.0. The van der Waals surface area contributed by atoms with Gasteiger partial charge in [0.25, 0.3) is 5.56 Å². The SMILES string of the molecule is Cc1ccc(CN2CCC(O)(Cn3cnc4c(cnn4-c4ccccc4)c3=O)CC2)cc1. The molecule has 2 aromatic carbocycles. The smallest absolute Gasteiger partial charge is 0.264 e. The minimum atomic E-state index is -0.918. The number of aliphatic hydroxyl groups is 1. The summed E-state index contributed by atoms with van der Waals surface area (Å²) < 4.78 is 3.19. The molecule has 5 rings (SSSR count). The van der Waals surface area contributed by atoms with E-state index in [0.29, 0.717) is 23.9 Å². The lowest BCUT2D eigenvalue weighted by atomic mass is 9.91. The average molecular weight is 430 g/mol. The quantitative estimate of drug-likeness (QED) is 0.528. The van der Waals surface area contributed by atoms with Crippen LogP contribution in [0, 0.1) is 6.92 Å². The lowest BCUT2D eigenvalue weighted by Crippen LogP contribution is -2.47. The minimum Gasteiger partial charge on any atom is -0.388 e. The number of hydrogen-bond donors (Lipinski definition) is 1. The fourth-order valence-electron chi connectivity index (χ4n) is 4.37. The first-order chi connectivity index (χ1) is 15.5. The van der Waals surface area contributed by atoms with Crippen molar-refractivity contribution in [3.8, 4) is 5.69 Å². The summed E-state index contributed by atoms with van der Waals surface area (Å²) in [7, 11) is 0. The third-order valence-corrected chi connectivity index (χ3v) is 6.33. The minimum absolute atomic E-state index is 0.173. The highest BCUT2D eigenvalue weighted by Gasteiger charge is 2.33. The van der Waals surface area contributed by atoms with Crippen LogP contribution in [0.1, 0.15) is 24.0 Å². The Morgan fingerprint density at radius 2 is 1.75 bits per heavy atom. The normalized spacial score (nSPS) is 16.4. The van der Waals surface area contributed by atoms with Crippen LogP contribution in [-0.2, 0) is 13.1 Å². The molecule has 164 valence electrons. The third-order valence-electron chi connectivity index (χ3n) is 6.33. The fourth-order valence-corrected chi connectivity index (χ4v) is 4.37. The summed E-state index contributed by atoms with van der Waals surface area (Å²) in [5, 5.41) is 16.0. The van der Waals surface area contributed by atoms with Gasteiger partial charge in [-0.25, -0.2) is 9.67 Å². The Balaban J connectivity index is 1.30. The standard InChI is InChI=1S/C25H27N5O2/c1-19-7-9-20(10-8-19)16-28-13-11-25(32,12-14-28)17-29-18-26-23-22(24(29)31)15-27-30(23)21-5-3-2-4-6-21/h2-10,15,18,32H,11-14,16-17H2,1H3. The highest BCUT2D eigenvalue weighted by molar-refractivity contribution is 5.74. The van der Waals surface area contributed by atoms with E-state index in [1.807, 2.05) is 30.3 Å². The van der Waals surface area contributed by atoms with E-state index in [1.54, 1.807) is 10.9 Å². The molecule has 1 aliphatic heterocycles. The molecule has 0 aliphatic carbocycles. The topological polar surface area (TPSA) is 76.2 Å². The van der Waals surface area contributed by atoms with Gasteiger partial charge >= 0.3 is 0 Å². The zero-order chi connectivity index (χ0) is 22.1. The lowest BCUT2D eigenvalue weighted by molar-refractivity contribution is -0.0364. The maximum atomic E-state index is 13.1. The number of piperidine rings is 1. The van der Waals surface area contributed by atoms with Gasteiger partial charge in [-0.1, -0.05) is 48.0 Å². The van der Waals surface area contributed by atoms with Crippen LogP contribution in [0.15, 0.2) is 71.9 Å². The molecular weight excluding hydrogens is 402 g/mol. The van der Waals surface area contributed by atoms with E-state index >= 15 is 0 Å². The number of likely N-dealkylation sites (tertiary alicyclic amines) is 1. The molecular formula is C25H27N5O2. The number of fused-ring (bicyclic) bond motifs is 1. The van der Waals surface area contributed by atoms with Crippen molar-refractivity contribution in [3.05, 3.63) is 88.6 Å². The molecule has 3 heterocycles. The second-order valence-corrected chi connectivity index (χ2v) is 8.79. The van der Waals surface area contributed by atoms with Crippen LogP contribution in [0.3, 0.4) is 0 Å². The molecule has 4 aromatic rings. The molecule has 0 amide bonds. The van der Waals surface area contributed by atoms with Crippen molar-refractivity contribution < 1.29 is 5.11 Å². The van der Waals surface area contributed by atoms with Gasteiger partial charge in [-0.2, -0.15) is 5.10 Å². The van der Waals surface area contributed by atoms with Gasteiger partial charge in [0, 0.05) is 19.6 Å². The number of aromatic nitrogens is 4. The number of nitrogens with zero attached hydrogens (tertiary/aromatic N) is 5. The summed E-state index contributed by atoms with van der Waals surface area (Å²) in [6.07, 6.45) is 4.32. The van der Waals surface area contributed by atoms with Crippen molar-refractivity contribution >= 4 is 11.0 Å². The summed E-state index contributed by atoms with van der Waals surface area (Å²) in [4.78, 5) is 19.9. The van der Waals surface area contributed by atoms with Gasteiger partial charge in [0.2, 0.25) is 0 Å². The Bertz CT molecular complexity index is 1270. The molecule has 0 saturated carbocycles. The van der Waals surface area contributed by atoms with Gasteiger partial charge in [-0.3, -0.25) is 14.3 Å². The number of rotatable bonds is 5. The van der Waals surface area contributed by atoms with E-state index in [4.69, 9.17) is 0 Å². The second-order valence-electron chi connectivity index (χ2n) is 8.79. The highest BCUT2D eigenvalue weighted by Crippen LogP contribution is 2.25. The molecule has 0 bridgehead atoms. The Morgan fingerprint density at radius 3 is 2.47 bits per heavy atom. The van der Waals surface area contributed by atoms with Crippen molar-refractivity contribution in [1.82, 2.24) is 24.2 Å². The van der Waals surface area contributed by atoms with Gasteiger partial charge in [-0.15, -0.1) is 0 Å². The molecule has 1 N–H and O–H groups in total. The van der Waals surface area contributed by atoms with Gasteiger partial charge in [0.05, 0.1) is 24.0 Å². The monoisotopic (exact) mass is 429 g/mol. The summed E-state index contributed by atoms with van der Waals surface area (Å²) in [5.41, 5.74) is 2.82. The predicted molar refractivity (Wildman–Crippen MR) is 124 cm³/mol.